The molecular weight excluding hydrogens is 348 g/mol. The van der Waals surface area contributed by atoms with Gasteiger partial charge in [-0.15, -0.1) is 0 Å². The van der Waals surface area contributed by atoms with Crippen LogP contribution >= 0.6 is 23.5 Å². The zero-order chi connectivity index (χ0) is 13.5. The Hall–Kier alpha value is 0.914. The Morgan fingerprint density at radius 2 is 0.471 bits per heavy atom. The minimum atomic E-state index is -5.39. The summed E-state index contributed by atoms with van der Waals surface area (Å²) in [7, 11) is -16.2. The van der Waals surface area contributed by atoms with Crippen molar-refractivity contribution < 1.29 is 76.3 Å². The van der Waals surface area contributed by atoms with Gasteiger partial charge in [0.1, 0.15) is 0 Å². The molecule has 0 heterocycles. The maximum absolute atomic E-state index is 8.55. The SMILES string of the molecule is O=P([O-])([O-])[O-].O=P([O-])([O-])[O-].O=P([O-])([O-])[O-].[C+4].[V+5]. The van der Waals surface area contributed by atoms with Crippen LogP contribution in [0.2, 0.25) is 0 Å². The summed E-state index contributed by atoms with van der Waals surface area (Å²) in [6.45, 7) is 0. The van der Waals surface area contributed by atoms with Gasteiger partial charge < -0.3 is 57.7 Å². The van der Waals surface area contributed by atoms with Crippen LogP contribution in [0.25, 0.3) is 0 Å². The minimum absolute atomic E-state index is 0. The van der Waals surface area contributed by atoms with Crippen molar-refractivity contribution >= 4 is 23.5 Å². The molecule has 0 N–H and O–H groups in total. The van der Waals surface area contributed by atoms with E-state index in [1.807, 2.05) is 0 Å². The maximum atomic E-state index is 8.55. The van der Waals surface area contributed by atoms with Gasteiger partial charge in [-0.1, -0.05) is 0 Å². The smallest absolute Gasteiger partial charge is 0.822 e. The first kappa shape index (κ1) is 30.7. The summed E-state index contributed by atoms with van der Waals surface area (Å²) in [5.74, 6) is 0. The van der Waals surface area contributed by atoms with Crippen molar-refractivity contribution in [2.75, 3.05) is 0 Å². The van der Waals surface area contributed by atoms with E-state index in [9.17, 15) is 0 Å². The molecule has 0 amide bonds. The molecule has 12 nitrogen and oxygen atoms in total. The van der Waals surface area contributed by atoms with E-state index < -0.39 is 23.5 Å². The van der Waals surface area contributed by atoms with Crippen molar-refractivity contribution in [2.24, 2.45) is 0 Å². The van der Waals surface area contributed by atoms with Gasteiger partial charge in [0.25, 0.3) is 0 Å². The van der Waals surface area contributed by atoms with Crippen LogP contribution in [0.3, 0.4) is 0 Å². The van der Waals surface area contributed by atoms with Crippen molar-refractivity contribution in [2.45, 2.75) is 0 Å². The van der Waals surface area contributed by atoms with Crippen LogP contribution < -0.4 is 44.0 Å². The fourth-order valence-corrected chi connectivity index (χ4v) is 0. The molecule has 0 aromatic carbocycles. The molecule has 0 bridgehead atoms. The van der Waals surface area contributed by atoms with Crippen LogP contribution in [0.4, 0.5) is 0 Å². The van der Waals surface area contributed by atoms with E-state index in [0.29, 0.717) is 0 Å². The fourth-order valence-electron chi connectivity index (χ4n) is 0. The molecule has 0 saturated carbocycles. The molecular formula is CO12P3V. The molecule has 0 aliphatic rings. The van der Waals surface area contributed by atoms with Crippen molar-refractivity contribution in [3.8, 4) is 0 Å². The van der Waals surface area contributed by atoms with Gasteiger partial charge in [0.05, 0.1) is 0 Å². The third-order valence-electron chi connectivity index (χ3n) is 0. The third kappa shape index (κ3) is 4500. The molecule has 0 aromatic rings. The molecule has 0 rings (SSSR count). The zero-order valence-corrected chi connectivity index (χ0v) is 11.3. The van der Waals surface area contributed by atoms with Gasteiger partial charge in [-0.25, -0.2) is 0 Å². The molecule has 0 radical (unpaired) electrons. The normalized spacial score (nSPS) is 10.4. The monoisotopic (exact) mass is 348 g/mol. The van der Waals surface area contributed by atoms with E-state index >= 15 is 0 Å². The van der Waals surface area contributed by atoms with Crippen LogP contribution in [0.1, 0.15) is 0 Å². The number of hydrogen-bond donors (Lipinski definition) is 0. The summed E-state index contributed by atoms with van der Waals surface area (Å²) >= 11 is 0. The quantitative estimate of drug-likeness (QED) is 0.369. The minimum Gasteiger partial charge on any atom is -0.822 e. The topological polar surface area (TPSA) is 259 Å². The Bertz CT molecular complexity index is 208. The molecule has 0 aliphatic heterocycles. The van der Waals surface area contributed by atoms with E-state index in [4.69, 9.17) is 57.7 Å². The number of rotatable bonds is 0. The van der Waals surface area contributed by atoms with Gasteiger partial charge in [0.2, 0.25) is 0 Å². The molecule has 0 fully saturated rings. The molecule has 96 valence electrons. The van der Waals surface area contributed by atoms with Crippen LogP contribution in [-0.2, 0) is 32.3 Å². The largest absolute Gasteiger partial charge is 5.00 e. The fraction of sp³-hybridized carbons (Fsp3) is 0. The first-order chi connectivity index (χ1) is 6.00. The van der Waals surface area contributed by atoms with Crippen molar-refractivity contribution in [3.63, 3.8) is 0 Å². The van der Waals surface area contributed by atoms with Gasteiger partial charge in [0, 0.05) is 0 Å². The van der Waals surface area contributed by atoms with Crippen molar-refractivity contribution in [1.29, 1.82) is 0 Å². The molecule has 17 heavy (non-hydrogen) atoms. The summed E-state index contributed by atoms with van der Waals surface area (Å²) in [6.07, 6.45) is 0. The van der Waals surface area contributed by atoms with Gasteiger partial charge in [-0.3, -0.25) is 0 Å². The average molecular weight is 348 g/mol. The first-order valence-electron chi connectivity index (χ1n) is 2.19. The number of hydrogen-bond acceptors (Lipinski definition) is 12. The summed E-state index contributed by atoms with van der Waals surface area (Å²) in [5, 5.41) is 0. The standard InChI is InChI=1S/C.3H3O4P.V/c;3*1-5(2,3)4;/h;3*(H3,1,2,3,4);/q+4;;;;+5/p-9. The second kappa shape index (κ2) is 12.0. The van der Waals surface area contributed by atoms with E-state index in [-0.39, 0.29) is 26.0 Å². The molecule has 0 saturated heterocycles. The maximum Gasteiger partial charge on any atom is 5.00 e. The Labute approximate surface area is 108 Å². The molecule has 16 heteroatoms. The van der Waals surface area contributed by atoms with Gasteiger partial charge in [0.15, 0.2) is 0 Å². The van der Waals surface area contributed by atoms with Crippen LogP contribution in [-0.4, -0.2) is 0 Å². The zero-order valence-electron chi connectivity index (χ0n) is 7.19. The second-order valence-corrected chi connectivity index (χ2v) is 4.02. The Morgan fingerprint density at radius 1 is 0.471 bits per heavy atom. The molecule has 0 unspecified atom stereocenters. The van der Waals surface area contributed by atoms with Crippen LogP contribution in [0.5, 0.6) is 0 Å². The molecule has 0 atom stereocenters. The van der Waals surface area contributed by atoms with Crippen molar-refractivity contribution in [1.82, 2.24) is 0 Å². The second-order valence-electron chi connectivity index (χ2n) is 1.34. The Morgan fingerprint density at radius 3 is 0.471 bits per heavy atom. The molecule has 0 spiro atoms. The summed E-state index contributed by atoms with van der Waals surface area (Å²) in [5.41, 5.74) is 0. The Kier molecular flexibility index (Phi) is 21.6. The first-order valence-corrected chi connectivity index (χ1v) is 6.57. The molecule has 0 aliphatic carbocycles. The van der Waals surface area contributed by atoms with Gasteiger partial charge in [-0.2, -0.15) is 23.5 Å². The number of phosphoric acid groups is 3. The van der Waals surface area contributed by atoms with Crippen molar-refractivity contribution in [3.05, 3.63) is 7.43 Å². The van der Waals surface area contributed by atoms with Crippen LogP contribution in [0, 0.1) is 7.43 Å². The van der Waals surface area contributed by atoms with E-state index in [1.165, 1.54) is 0 Å². The van der Waals surface area contributed by atoms with Gasteiger partial charge in [-0.05, 0) is 0 Å². The summed E-state index contributed by atoms with van der Waals surface area (Å²) in [4.78, 5) is 76.9. The summed E-state index contributed by atoms with van der Waals surface area (Å²) < 4.78 is 25.6. The van der Waals surface area contributed by atoms with E-state index in [2.05, 4.69) is 0 Å². The van der Waals surface area contributed by atoms with Crippen LogP contribution in [0.15, 0.2) is 0 Å². The van der Waals surface area contributed by atoms with Gasteiger partial charge >= 0.3 is 26.0 Å². The summed E-state index contributed by atoms with van der Waals surface area (Å²) in [6, 6.07) is 0. The van der Waals surface area contributed by atoms with E-state index in [0.717, 1.165) is 0 Å². The predicted octanol–water partition coefficient (Wildman–Crippen LogP) is -8.40. The predicted molar refractivity (Wildman–Crippen MR) is 26.1 cm³/mol. The Balaban J connectivity index is -0.0000000400. The average Bonchev–Trinajstić information content (AvgIpc) is 1.41. The molecule has 0 aromatic heterocycles. The third-order valence-corrected chi connectivity index (χ3v) is 0. The van der Waals surface area contributed by atoms with E-state index in [1.54, 1.807) is 0 Å².